The molecule has 0 aliphatic carbocycles. The number of nitriles is 1. The maximum atomic E-state index is 14.8. The highest BCUT2D eigenvalue weighted by atomic mass is 19.1. The van der Waals surface area contributed by atoms with Crippen molar-refractivity contribution in [2.45, 2.75) is 39.5 Å². The maximum Gasteiger partial charge on any atom is 0.273 e. The van der Waals surface area contributed by atoms with E-state index in [9.17, 15) is 19.1 Å². The monoisotopic (exact) mass is 463 g/mol. The van der Waals surface area contributed by atoms with Gasteiger partial charge in [-0.1, -0.05) is 45.0 Å². The number of para-hydroxylation sites is 1. The summed E-state index contributed by atoms with van der Waals surface area (Å²) in [6.45, 7) is 6.18. The number of rotatable bonds is 5. The van der Waals surface area contributed by atoms with Crippen LogP contribution in [0.3, 0.4) is 0 Å². The van der Waals surface area contributed by atoms with Gasteiger partial charge in [-0.3, -0.25) is 14.3 Å². The second kappa shape index (κ2) is 8.88. The minimum Gasteiger partial charge on any atom is -0.389 e. The molecule has 1 saturated heterocycles. The van der Waals surface area contributed by atoms with E-state index in [1.165, 1.54) is 21.7 Å². The number of hydrogen-bond donors (Lipinski definition) is 2. The molecule has 0 unspecified atom stereocenters. The number of benzene rings is 2. The molecule has 8 nitrogen and oxygen atoms in total. The van der Waals surface area contributed by atoms with Gasteiger partial charge in [0.1, 0.15) is 17.4 Å². The van der Waals surface area contributed by atoms with Crippen molar-refractivity contribution in [3.05, 3.63) is 65.1 Å². The van der Waals surface area contributed by atoms with Crippen LogP contribution in [0.5, 0.6) is 0 Å². The predicted molar refractivity (Wildman–Crippen MR) is 123 cm³/mol. The third kappa shape index (κ3) is 4.50. The van der Waals surface area contributed by atoms with Gasteiger partial charge in [0.05, 0.1) is 24.3 Å². The summed E-state index contributed by atoms with van der Waals surface area (Å²) in [5.41, 5.74) is 0.903. The number of nitrogens with zero attached hydrogens (tertiary/aromatic N) is 4. The van der Waals surface area contributed by atoms with E-state index in [1.54, 1.807) is 30.3 Å². The Morgan fingerprint density at radius 1 is 1.24 bits per heavy atom. The van der Waals surface area contributed by atoms with Crippen molar-refractivity contribution in [2.24, 2.45) is 5.41 Å². The zero-order valence-corrected chi connectivity index (χ0v) is 19.2. The molecule has 1 fully saturated rings. The molecule has 0 radical (unpaired) electrons. The van der Waals surface area contributed by atoms with Crippen LogP contribution in [0.1, 0.15) is 42.4 Å². The summed E-state index contributed by atoms with van der Waals surface area (Å²) in [6, 6.07) is 12.5. The molecule has 4 rings (SSSR count). The highest BCUT2D eigenvalue weighted by Crippen LogP contribution is 2.26. The third-order valence-corrected chi connectivity index (χ3v) is 5.91. The largest absolute Gasteiger partial charge is 0.389 e. The average molecular weight is 464 g/mol. The Bertz CT molecular complexity index is 1280. The van der Waals surface area contributed by atoms with Crippen LogP contribution in [0, 0.1) is 22.6 Å². The second-order valence-corrected chi connectivity index (χ2v) is 9.62. The molecule has 1 aliphatic rings. The number of likely N-dealkylation sites (tertiary alicyclic amines) is 1. The summed E-state index contributed by atoms with van der Waals surface area (Å²) in [5, 5.41) is 26.1. The van der Waals surface area contributed by atoms with Gasteiger partial charge in [-0.15, -0.1) is 0 Å². The van der Waals surface area contributed by atoms with Gasteiger partial charge in [-0.25, -0.2) is 4.39 Å². The van der Waals surface area contributed by atoms with Crippen LogP contribution in [0.25, 0.3) is 10.9 Å². The summed E-state index contributed by atoms with van der Waals surface area (Å²) in [7, 11) is 0. The number of aromatic nitrogens is 2. The fourth-order valence-electron chi connectivity index (χ4n) is 4.00. The van der Waals surface area contributed by atoms with Crippen LogP contribution >= 0.6 is 0 Å². The first-order chi connectivity index (χ1) is 16.1. The van der Waals surface area contributed by atoms with Crippen LogP contribution in [-0.4, -0.2) is 56.8 Å². The summed E-state index contributed by atoms with van der Waals surface area (Å²) in [4.78, 5) is 27.8. The maximum absolute atomic E-state index is 14.8. The molecular formula is C25H26FN5O3. The Morgan fingerprint density at radius 3 is 2.50 bits per heavy atom. The molecule has 1 atom stereocenters. The Balaban J connectivity index is 1.66. The van der Waals surface area contributed by atoms with Crippen LogP contribution in [-0.2, 0) is 11.3 Å². The van der Waals surface area contributed by atoms with Crippen molar-refractivity contribution < 1.29 is 19.1 Å². The van der Waals surface area contributed by atoms with Gasteiger partial charge in [0, 0.05) is 18.5 Å². The molecule has 176 valence electrons. The quantitative estimate of drug-likeness (QED) is 0.604. The Morgan fingerprint density at radius 2 is 1.91 bits per heavy atom. The first kappa shape index (κ1) is 23.4. The second-order valence-electron chi connectivity index (χ2n) is 9.62. The zero-order chi connectivity index (χ0) is 24.6. The number of carbonyl (C=O) groups is 2. The van der Waals surface area contributed by atoms with Crippen LogP contribution < -0.4 is 5.32 Å². The number of halogens is 1. The molecule has 1 aliphatic heterocycles. The molecule has 0 bridgehead atoms. The fraction of sp³-hybridized carbons (Fsp3) is 0.360. The topological polar surface area (TPSA) is 111 Å². The lowest BCUT2D eigenvalue weighted by Gasteiger charge is -2.41. The molecule has 2 heterocycles. The van der Waals surface area contributed by atoms with E-state index in [0.717, 1.165) is 5.56 Å². The molecule has 2 aromatic carbocycles. The predicted octanol–water partition coefficient (Wildman–Crippen LogP) is 2.44. The molecule has 2 N–H and O–H groups in total. The molecule has 3 aromatic rings. The van der Waals surface area contributed by atoms with Crippen molar-refractivity contribution >= 4 is 22.7 Å². The SMILES string of the molecule is CC(C)(C)[C@H](NC(=O)c1nn(Cc2ccc(C#N)cc2)c2c(F)cccc12)C(=O)N1CC(O)C1. The van der Waals surface area contributed by atoms with Crippen LogP contribution in [0.15, 0.2) is 42.5 Å². The molecule has 1 aromatic heterocycles. The first-order valence-electron chi connectivity index (χ1n) is 11.0. The molecule has 2 amide bonds. The molecule has 0 spiro atoms. The van der Waals surface area contributed by atoms with Gasteiger partial charge in [0.2, 0.25) is 5.91 Å². The van der Waals surface area contributed by atoms with Crippen molar-refractivity contribution in [2.75, 3.05) is 13.1 Å². The lowest BCUT2D eigenvalue weighted by atomic mass is 9.85. The Labute approximate surface area is 196 Å². The minimum absolute atomic E-state index is 0.0221. The van der Waals surface area contributed by atoms with E-state index in [2.05, 4.69) is 16.5 Å². The standard InChI is InChI=1S/C25H26FN5O3/c1-25(2,3)22(24(34)30-13-17(32)14-30)28-23(33)20-18-5-4-6-19(26)21(18)31(29-20)12-16-9-7-15(11-27)8-10-16/h4-10,17,22,32H,12-14H2,1-3H3,(H,28,33)/t22-/m1/s1. The number of nitrogens with one attached hydrogen (secondary N) is 1. The number of fused-ring (bicyclic) bond motifs is 1. The van der Waals surface area contributed by atoms with Gasteiger partial charge in [-0.05, 0) is 29.2 Å². The van der Waals surface area contributed by atoms with Crippen molar-refractivity contribution in [3.8, 4) is 6.07 Å². The molecular weight excluding hydrogens is 437 g/mol. The number of aliphatic hydroxyl groups excluding tert-OH is 1. The number of amides is 2. The number of hydrogen-bond acceptors (Lipinski definition) is 5. The van der Waals surface area contributed by atoms with Gasteiger partial charge >= 0.3 is 0 Å². The van der Waals surface area contributed by atoms with Crippen molar-refractivity contribution in [1.29, 1.82) is 5.26 Å². The Kier molecular flexibility index (Phi) is 6.11. The van der Waals surface area contributed by atoms with E-state index < -0.39 is 29.3 Å². The average Bonchev–Trinajstić information content (AvgIpc) is 3.14. The first-order valence-corrected chi connectivity index (χ1v) is 11.0. The van der Waals surface area contributed by atoms with Crippen LogP contribution in [0.2, 0.25) is 0 Å². The number of aliphatic hydroxyl groups is 1. The normalized spacial score (nSPS) is 15.0. The van der Waals surface area contributed by atoms with Gasteiger partial charge in [-0.2, -0.15) is 10.4 Å². The summed E-state index contributed by atoms with van der Waals surface area (Å²) >= 11 is 0. The summed E-state index contributed by atoms with van der Waals surface area (Å²) in [5.74, 6) is -1.38. The van der Waals surface area contributed by atoms with Gasteiger partial charge < -0.3 is 15.3 Å². The van der Waals surface area contributed by atoms with E-state index in [4.69, 9.17) is 5.26 Å². The van der Waals surface area contributed by atoms with E-state index in [-0.39, 0.29) is 36.8 Å². The van der Waals surface area contributed by atoms with Crippen LogP contribution in [0.4, 0.5) is 4.39 Å². The number of β-amino-alcohol motifs (C(OH)–C–C–N with tert-alkyl or cyclic N) is 1. The van der Waals surface area contributed by atoms with E-state index in [1.807, 2.05) is 20.8 Å². The molecule has 0 saturated carbocycles. The zero-order valence-electron chi connectivity index (χ0n) is 19.2. The van der Waals surface area contributed by atoms with Crippen molar-refractivity contribution in [3.63, 3.8) is 0 Å². The minimum atomic E-state index is -0.847. The number of carbonyl (C=O) groups excluding carboxylic acids is 2. The van der Waals surface area contributed by atoms with Crippen molar-refractivity contribution in [1.82, 2.24) is 20.0 Å². The van der Waals surface area contributed by atoms with Gasteiger partial charge in [0.25, 0.3) is 5.91 Å². The van der Waals surface area contributed by atoms with Gasteiger partial charge in [0.15, 0.2) is 5.69 Å². The van der Waals surface area contributed by atoms with E-state index >= 15 is 0 Å². The highest BCUT2D eigenvalue weighted by molar-refractivity contribution is 6.06. The summed E-state index contributed by atoms with van der Waals surface area (Å²) in [6.07, 6.45) is -0.551. The lowest BCUT2D eigenvalue weighted by Crippen LogP contribution is -2.62. The fourth-order valence-corrected chi connectivity index (χ4v) is 4.00. The smallest absolute Gasteiger partial charge is 0.273 e. The highest BCUT2D eigenvalue weighted by Gasteiger charge is 2.40. The third-order valence-electron chi connectivity index (χ3n) is 5.91. The Hall–Kier alpha value is -3.77. The summed E-state index contributed by atoms with van der Waals surface area (Å²) < 4.78 is 16.2. The lowest BCUT2D eigenvalue weighted by molar-refractivity contribution is -0.146. The molecule has 34 heavy (non-hydrogen) atoms. The van der Waals surface area contributed by atoms with E-state index in [0.29, 0.717) is 10.9 Å². The molecule has 9 heteroatoms.